The fourth-order valence-corrected chi connectivity index (χ4v) is 4.70. The van der Waals surface area contributed by atoms with E-state index in [1.54, 1.807) is 36.4 Å². The van der Waals surface area contributed by atoms with Crippen LogP contribution in [-0.4, -0.2) is 17.6 Å². The largest absolute Gasteiger partial charge is 0.289 e. The van der Waals surface area contributed by atoms with Crippen LogP contribution in [0.3, 0.4) is 0 Å². The fourth-order valence-electron chi connectivity index (χ4n) is 4.70. The number of nitrogens with zero attached hydrogens (tertiary/aromatic N) is 1. The molecule has 1 saturated heterocycles. The Bertz CT molecular complexity index is 932. The lowest BCUT2D eigenvalue weighted by molar-refractivity contribution is -0.123. The van der Waals surface area contributed by atoms with Crippen molar-refractivity contribution in [2.75, 3.05) is 4.90 Å². The van der Waals surface area contributed by atoms with Gasteiger partial charge in [0.05, 0.1) is 17.5 Å². The molecule has 1 aliphatic heterocycles. The Balaban J connectivity index is 1.49. The maximum atomic E-state index is 12.9. The lowest BCUT2D eigenvalue weighted by Gasteiger charge is -2.18. The third-order valence-corrected chi connectivity index (χ3v) is 5.87. The Kier molecular flexibility index (Phi) is 3.23. The standard InChI is InChI=1S/C22H17NO3/c24-20(13-5-2-1-3-6-13)16-7-4-8-17(12-16)23-21(25)18-14-9-10-15(11-14)19(18)22(23)26/h1-10,12,14-15,18-19H,11H2/t14-,15-,18+,19+/m1/s1. The van der Waals surface area contributed by atoms with E-state index >= 15 is 0 Å². The number of hydrogen-bond donors (Lipinski definition) is 0. The van der Waals surface area contributed by atoms with Gasteiger partial charge in [0, 0.05) is 11.1 Å². The van der Waals surface area contributed by atoms with Crippen LogP contribution in [0, 0.1) is 23.7 Å². The van der Waals surface area contributed by atoms with E-state index in [4.69, 9.17) is 0 Å². The summed E-state index contributed by atoms with van der Waals surface area (Å²) >= 11 is 0. The Morgan fingerprint density at radius 3 is 2.08 bits per heavy atom. The molecule has 2 fully saturated rings. The highest BCUT2D eigenvalue weighted by Gasteiger charge is 2.59. The zero-order valence-electron chi connectivity index (χ0n) is 14.0. The van der Waals surface area contributed by atoms with Crippen LogP contribution in [0.25, 0.3) is 0 Å². The molecule has 2 aromatic carbocycles. The molecule has 0 N–H and O–H groups in total. The number of imide groups is 1. The Labute approximate surface area is 151 Å². The minimum atomic E-state index is -0.231. The molecule has 2 aromatic rings. The third kappa shape index (κ3) is 2.05. The van der Waals surface area contributed by atoms with Crippen molar-refractivity contribution in [3.05, 3.63) is 77.9 Å². The average molecular weight is 343 g/mol. The maximum Gasteiger partial charge on any atom is 0.238 e. The number of ketones is 1. The van der Waals surface area contributed by atoms with Gasteiger partial charge in [-0.15, -0.1) is 0 Å². The third-order valence-electron chi connectivity index (χ3n) is 5.87. The first-order valence-electron chi connectivity index (χ1n) is 8.91. The van der Waals surface area contributed by atoms with Crippen molar-refractivity contribution in [2.45, 2.75) is 6.42 Å². The molecular formula is C22H17NO3. The van der Waals surface area contributed by atoms with Crippen LogP contribution in [0.15, 0.2) is 66.7 Å². The molecule has 1 saturated carbocycles. The maximum absolute atomic E-state index is 12.9. The second kappa shape index (κ2) is 5.49. The zero-order valence-corrected chi connectivity index (χ0v) is 14.0. The van der Waals surface area contributed by atoms with Crippen molar-refractivity contribution in [1.29, 1.82) is 0 Å². The van der Waals surface area contributed by atoms with Crippen LogP contribution in [0.1, 0.15) is 22.3 Å². The van der Waals surface area contributed by atoms with E-state index in [0.29, 0.717) is 16.8 Å². The summed E-state index contributed by atoms with van der Waals surface area (Å²) in [5.41, 5.74) is 1.56. The number of hydrogen-bond acceptors (Lipinski definition) is 3. The number of fused-ring (bicyclic) bond motifs is 5. The van der Waals surface area contributed by atoms with Crippen molar-refractivity contribution in [3.63, 3.8) is 0 Å². The predicted molar refractivity (Wildman–Crippen MR) is 96.5 cm³/mol. The van der Waals surface area contributed by atoms with Crippen LogP contribution >= 0.6 is 0 Å². The quantitative estimate of drug-likeness (QED) is 0.488. The summed E-state index contributed by atoms with van der Waals surface area (Å²) in [6.45, 7) is 0. The first-order valence-corrected chi connectivity index (χ1v) is 8.91. The number of anilines is 1. The van der Waals surface area contributed by atoms with Crippen molar-refractivity contribution in [1.82, 2.24) is 0 Å². The van der Waals surface area contributed by atoms with Crippen LogP contribution in [-0.2, 0) is 9.59 Å². The van der Waals surface area contributed by atoms with Crippen molar-refractivity contribution in [3.8, 4) is 0 Å². The molecule has 5 rings (SSSR count). The van der Waals surface area contributed by atoms with E-state index in [1.165, 1.54) is 4.90 Å². The van der Waals surface area contributed by atoms with Gasteiger partial charge in [0.25, 0.3) is 0 Å². The van der Waals surface area contributed by atoms with Gasteiger partial charge in [0.15, 0.2) is 5.78 Å². The smallest absolute Gasteiger partial charge is 0.238 e. The van der Waals surface area contributed by atoms with Crippen LogP contribution in [0.4, 0.5) is 5.69 Å². The highest BCUT2D eigenvalue weighted by molar-refractivity contribution is 6.23. The van der Waals surface area contributed by atoms with E-state index in [0.717, 1.165) is 6.42 Å². The summed E-state index contributed by atoms with van der Waals surface area (Å²) in [6.07, 6.45) is 5.07. The molecule has 4 nitrogen and oxygen atoms in total. The molecule has 4 heteroatoms. The molecule has 1 heterocycles. The van der Waals surface area contributed by atoms with Gasteiger partial charge in [0.2, 0.25) is 11.8 Å². The van der Waals surface area contributed by atoms with Gasteiger partial charge >= 0.3 is 0 Å². The molecule has 128 valence electrons. The first-order chi connectivity index (χ1) is 12.6. The van der Waals surface area contributed by atoms with Gasteiger partial charge in [-0.3, -0.25) is 14.4 Å². The molecular weight excluding hydrogens is 326 g/mol. The molecule has 0 unspecified atom stereocenters. The Morgan fingerprint density at radius 2 is 1.42 bits per heavy atom. The fraction of sp³-hybridized carbons (Fsp3) is 0.227. The van der Waals surface area contributed by atoms with Crippen molar-refractivity contribution in [2.24, 2.45) is 23.7 Å². The monoisotopic (exact) mass is 343 g/mol. The summed E-state index contributed by atoms with van der Waals surface area (Å²) in [6, 6.07) is 15.8. The Morgan fingerprint density at radius 1 is 0.808 bits per heavy atom. The second-order valence-electron chi connectivity index (χ2n) is 7.26. The molecule has 0 aromatic heterocycles. The zero-order chi connectivity index (χ0) is 17.8. The molecule has 3 aliphatic rings. The molecule has 2 aliphatic carbocycles. The molecule has 26 heavy (non-hydrogen) atoms. The highest BCUT2D eigenvalue weighted by Crippen LogP contribution is 2.53. The van der Waals surface area contributed by atoms with Gasteiger partial charge in [-0.2, -0.15) is 0 Å². The SMILES string of the molecule is O=C(c1ccccc1)c1cccc(N2C(=O)[C@@H]3[C@@H](C2=O)[C@@H]2C=C[C@@H]3C2)c1. The number of benzene rings is 2. The minimum absolute atomic E-state index is 0.117. The van der Waals surface area contributed by atoms with Gasteiger partial charge in [0.1, 0.15) is 0 Å². The molecule has 4 atom stereocenters. The molecule has 0 spiro atoms. The molecule has 2 amide bonds. The topological polar surface area (TPSA) is 54.5 Å². The van der Waals surface area contributed by atoms with E-state index in [9.17, 15) is 14.4 Å². The molecule has 0 radical (unpaired) electrons. The van der Waals surface area contributed by atoms with Crippen LogP contribution < -0.4 is 4.90 Å². The van der Waals surface area contributed by atoms with Crippen molar-refractivity contribution >= 4 is 23.3 Å². The van der Waals surface area contributed by atoms with E-state index in [2.05, 4.69) is 12.2 Å². The number of allylic oxidation sites excluding steroid dienone is 2. The number of carbonyl (C=O) groups is 3. The summed E-state index contributed by atoms with van der Waals surface area (Å²) in [5.74, 6) is -0.464. The van der Waals surface area contributed by atoms with Crippen LogP contribution in [0.2, 0.25) is 0 Å². The van der Waals surface area contributed by atoms with Gasteiger partial charge < -0.3 is 0 Å². The lowest BCUT2D eigenvalue weighted by atomic mass is 9.85. The van der Waals surface area contributed by atoms with E-state index in [1.807, 2.05) is 18.2 Å². The predicted octanol–water partition coefficient (Wildman–Crippen LogP) is 3.23. The highest BCUT2D eigenvalue weighted by atomic mass is 16.2. The van der Waals surface area contributed by atoms with Gasteiger partial charge in [-0.1, -0.05) is 54.6 Å². The number of amides is 2. The van der Waals surface area contributed by atoms with Gasteiger partial charge in [-0.05, 0) is 30.4 Å². The average Bonchev–Trinajstić information content (AvgIpc) is 3.36. The number of rotatable bonds is 3. The lowest BCUT2D eigenvalue weighted by Crippen LogP contribution is -2.33. The van der Waals surface area contributed by atoms with E-state index < -0.39 is 0 Å². The normalized spacial score (nSPS) is 28.7. The van der Waals surface area contributed by atoms with Crippen molar-refractivity contribution < 1.29 is 14.4 Å². The summed E-state index contributed by atoms with van der Waals surface area (Å²) in [5, 5.41) is 0. The van der Waals surface area contributed by atoms with E-state index in [-0.39, 0.29) is 41.3 Å². The Hall–Kier alpha value is -3.01. The first kappa shape index (κ1) is 15.3. The molecule has 2 bridgehead atoms. The summed E-state index contributed by atoms with van der Waals surface area (Å²) < 4.78 is 0. The minimum Gasteiger partial charge on any atom is -0.289 e. The van der Waals surface area contributed by atoms with Crippen LogP contribution in [0.5, 0.6) is 0 Å². The second-order valence-corrected chi connectivity index (χ2v) is 7.26. The van der Waals surface area contributed by atoms with Gasteiger partial charge in [-0.25, -0.2) is 4.90 Å². The number of carbonyl (C=O) groups excluding carboxylic acids is 3. The summed E-state index contributed by atoms with van der Waals surface area (Å²) in [7, 11) is 0. The summed E-state index contributed by atoms with van der Waals surface area (Å²) in [4.78, 5) is 39.8.